The Kier molecular flexibility index (Phi) is 5.85. The van der Waals surface area contributed by atoms with Crippen LogP contribution in [0.3, 0.4) is 0 Å². The number of rotatable bonds is 5. The Balaban J connectivity index is 2.15. The van der Waals surface area contributed by atoms with Crippen LogP contribution >= 0.6 is 15.9 Å². The summed E-state index contributed by atoms with van der Waals surface area (Å²) in [5.41, 5.74) is 0. The lowest BCUT2D eigenvalue weighted by Gasteiger charge is -2.37. The molecule has 1 heterocycles. The average Bonchev–Trinajstić information content (AvgIpc) is 2.42. The third kappa shape index (κ3) is 4.31. The highest BCUT2D eigenvalue weighted by Gasteiger charge is 2.33. The molecule has 0 radical (unpaired) electrons. The van der Waals surface area contributed by atoms with E-state index in [1.54, 1.807) is 6.20 Å². The standard InChI is InChI=1S/C16H26BrN3O/c1-5-18-16-19-9-13(17)15(20-16)21-14-8-11(4)6-7-12(14)10(2)3/h9-12,14H,5-8H2,1-4H3,(H,18,19,20). The summed E-state index contributed by atoms with van der Waals surface area (Å²) in [5.74, 6) is 3.24. The maximum Gasteiger partial charge on any atom is 0.233 e. The monoisotopic (exact) mass is 355 g/mol. The van der Waals surface area contributed by atoms with E-state index in [0.29, 0.717) is 23.7 Å². The predicted molar refractivity (Wildman–Crippen MR) is 89.7 cm³/mol. The van der Waals surface area contributed by atoms with Crippen molar-refractivity contribution in [1.82, 2.24) is 9.97 Å². The van der Waals surface area contributed by atoms with Crippen LogP contribution < -0.4 is 10.1 Å². The summed E-state index contributed by atoms with van der Waals surface area (Å²) in [6, 6.07) is 0. The summed E-state index contributed by atoms with van der Waals surface area (Å²) < 4.78 is 7.10. The van der Waals surface area contributed by atoms with Crippen LogP contribution in [-0.4, -0.2) is 22.6 Å². The van der Waals surface area contributed by atoms with Gasteiger partial charge < -0.3 is 10.1 Å². The van der Waals surface area contributed by atoms with Crippen LogP contribution in [0.5, 0.6) is 5.88 Å². The lowest BCUT2D eigenvalue weighted by Crippen LogP contribution is -2.36. The molecular formula is C16H26BrN3O. The minimum absolute atomic E-state index is 0.245. The molecule has 1 N–H and O–H groups in total. The fraction of sp³-hybridized carbons (Fsp3) is 0.750. The lowest BCUT2D eigenvalue weighted by atomic mass is 9.75. The van der Waals surface area contributed by atoms with E-state index in [9.17, 15) is 0 Å². The molecule has 3 unspecified atom stereocenters. The highest BCUT2D eigenvalue weighted by atomic mass is 79.9. The van der Waals surface area contributed by atoms with Gasteiger partial charge in [0.1, 0.15) is 6.10 Å². The smallest absolute Gasteiger partial charge is 0.233 e. The fourth-order valence-electron chi connectivity index (χ4n) is 3.07. The van der Waals surface area contributed by atoms with E-state index in [4.69, 9.17) is 4.74 Å². The fourth-order valence-corrected chi connectivity index (χ4v) is 3.36. The molecule has 0 aromatic carbocycles. The van der Waals surface area contributed by atoms with Gasteiger partial charge in [-0.1, -0.05) is 27.2 Å². The quantitative estimate of drug-likeness (QED) is 0.843. The van der Waals surface area contributed by atoms with Gasteiger partial charge in [0.25, 0.3) is 0 Å². The van der Waals surface area contributed by atoms with Crippen LogP contribution in [0.15, 0.2) is 10.7 Å². The molecule has 0 amide bonds. The molecule has 0 spiro atoms. The Morgan fingerprint density at radius 1 is 1.43 bits per heavy atom. The molecule has 118 valence electrons. The molecule has 4 nitrogen and oxygen atoms in total. The van der Waals surface area contributed by atoms with Crippen molar-refractivity contribution in [2.75, 3.05) is 11.9 Å². The summed E-state index contributed by atoms with van der Waals surface area (Å²) in [6.07, 6.45) is 5.66. The number of halogens is 1. The second-order valence-electron chi connectivity index (χ2n) is 6.36. The second-order valence-corrected chi connectivity index (χ2v) is 7.21. The van der Waals surface area contributed by atoms with Gasteiger partial charge >= 0.3 is 0 Å². The molecule has 0 saturated heterocycles. The van der Waals surface area contributed by atoms with Crippen molar-refractivity contribution in [2.24, 2.45) is 17.8 Å². The Morgan fingerprint density at radius 2 is 2.19 bits per heavy atom. The highest BCUT2D eigenvalue weighted by molar-refractivity contribution is 9.10. The summed E-state index contributed by atoms with van der Waals surface area (Å²) in [5, 5.41) is 3.13. The number of nitrogens with one attached hydrogen (secondary N) is 1. The van der Waals surface area contributed by atoms with Crippen molar-refractivity contribution in [3.05, 3.63) is 10.7 Å². The molecule has 1 fully saturated rings. The maximum absolute atomic E-state index is 6.28. The van der Waals surface area contributed by atoms with Crippen LogP contribution in [0.25, 0.3) is 0 Å². The van der Waals surface area contributed by atoms with E-state index < -0.39 is 0 Å². The topological polar surface area (TPSA) is 47.0 Å². The van der Waals surface area contributed by atoms with Crippen LogP contribution in [0.2, 0.25) is 0 Å². The number of ether oxygens (including phenoxy) is 1. The zero-order valence-corrected chi connectivity index (χ0v) is 15.0. The predicted octanol–water partition coefficient (Wildman–Crippen LogP) is 4.51. The normalized spacial score (nSPS) is 25.9. The van der Waals surface area contributed by atoms with Gasteiger partial charge in [-0.3, -0.25) is 0 Å². The highest BCUT2D eigenvalue weighted by Crippen LogP contribution is 2.37. The maximum atomic E-state index is 6.28. The van der Waals surface area contributed by atoms with Gasteiger partial charge in [0.2, 0.25) is 11.8 Å². The summed E-state index contributed by atoms with van der Waals surface area (Å²) in [4.78, 5) is 8.73. The molecule has 21 heavy (non-hydrogen) atoms. The lowest BCUT2D eigenvalue weighted by molar-refractivity contribution is 0.0420. The van der Waals surface area contributed by atoms with Gasteiger partial charge in [-0.2, -0.15) is 4.98 Å². The van der Waals surface area contributed by atoms with E-state index >= 15 is 0 Å². The van der Waals surface area contributed by atoms with Crippen molar-refractivity contribution in [2.45, 2.75) is 53.1 Å². The van der Waals surface area contributed by atoms with Gasteiger partial charge in [0.15, 0.2) is 0 Å². The Bertz CT molecular complexity index is 467. The molecule has 0 aliphatic heterocycles. The Hall–Kier alpha value is -0.840. The largest absolute Gasteiger partial charge is 0.473 e. The molecule has 1 aromatic rings. The van der Waals surface area contributed by atoms with Gasteiger partial charge in [-0.15, -0.1) is 0 Å². The molecule has 2 rings (SSSR count). The van der Waals surface area contributed by atoms with E-state index in [1.165, 1.54) is 12.8 Å². The second kappa shape index (κ2) is 7.43. The zero-order chi connectivity index (χ0) is 15.4. The summed E-state index contributed by atoms with van der Waals surface area (Å²) in [6.45, 7) is 9.72. The van der Waals surface area contributed by atoms with Crippen molar-refractivity contribution >= 4 is 21.9 Å². The third-order valence-electron chi connectivity index (χ3n) is 4.27. The van der Waals surface area contributed by atoms with Gasteiger partial charge in [0, 0.05) is 6.54 Å². The Morgan fingerprint density at radius 3 is 2.86 bits per heavy atom. The zero-order valence-electron chi connectivity index (χ0n) is 13.4. The van der Waals surface area contributed by atoms with Gasteiger partial charge in [-0.25, -0.2) is 4.98 Å². The number of aromatic nitrogens is 2. The minimum atomic E-state index is 0.245. The number of nitrogens with zero attached hydrogens (tertiary/aromatic N) is 2. The molecule has 1 saturated carbocycles. The first-order chi connectivity index (χ1) is 10.0. The molecule has 1 aromatic heterocycles. The number of hydrogen-bond donors (Lipinski definition) is 1. The summed E-state index contributed by atoms with van der Waals surface area (Å²) >= 11 is 3.50. The molecule has 1 aliphatic rings. The van der Waals surface area contributed by atoms with Crippen molar-refractivity contribution in [1.29, 1.82) is 0 Å². The SMILES string of the molecule is CCNc1ncc(Br)c(OC2CC(C)CCC2C(C)C)n1. The molecule has 5 heteroatoms. The average molecular weight is 356 g/mol. The van der Waals surface area contributed by atoms with Crippen molar-refractivity contribution in [3.63, 3.8) is 0 Å². The van der Waals surface area contributed by atoms with E-state index in [0.717, 1.165) is 23.4 Å². The number of hydrogen-bond acceptors (Lipinski definition) is 4. The first kappa shape index (κ1) is 16.5. The number of anilines is 1. The molecule has 1 aliphatic carbocycles. The van der Waals surface area contributed by atoms with Gasteiger partial charge in [0.05, 0.1) is 10.7 Å². The van der Waals surface area contributed by atoms with E-state index in [2.05, 4.69) is 52.0 Å². The molecule has 3 atom stereocenters. The van der Waals surface area contributed by atoms with Crippen LogP contribution in [0, 0.1) is 17.8 Å². The molecule has 0 bridgehead atoms. The van der Waals surface area contributed by atoms with Crippen molar-refractivity contribution in [3.8, 4) is 5.88 Å². The van der Waals surface area contributed by atoms with Crippen LogP contribution in [0.1, 0.15) is 47.0 Å². The Labute approximate surface area is 136 Å². The van der Waals surface area contributed by atoms with Crippen LogP contribution in [-0.2, 0) is 0 Å². The van der Waals surface area contributed by atoms with Crippen LogP contribution in [0.4, 0.5) is 5.95 Å². The van der Waals surface area contributed by atoms with E-state index in [1.807, 2.05) is 6.92 Å². The first-order valence-corrected chi connectivity index (χ1v) is 8.73. The third-order valence-corrected chi connectivity index (χ3v) is 4.82. The molecular weight excluding hydrogens is 330 g/mol. The first-order valence-electron chi connectivity index (χ1n) is 7.94. The summed E-state index contributed by atoms with van der Waals surface area (Å²) in [7, 11) is 0. The van der Waals surface area contributed by atoms with E-state index in [-0.39, 0.29) is 6.10 Å². The van der Waals surface area contributed by atoms with Crippen molar-refractivity contribution < 1.29 is 4.74 Å². The van der Waals surface area contributed by atoms with Gasteiger partial charge in [-0.05, 0) is 53.4 Å². The minimum Gasteiger partial charge on any atom is -0.473 e.